The molecule has 1 amide bonds. The van der Waals surface area contributed by atoms with Crippen molar-refractivity contribution in [2.75, 3.05) is 5.73 Å². The van der Waals surface area contributed by atoms with E-state index in [0.717, 1.165) is 0 Å². The maximum atomic E-state index is 11.7. The van der Waals surface area contributed by atoms with Gasteiger partial charge in [0, 0.05) is 18.1 Å². The zero-order valence-electron chi connectivity index (χ0n) is 8.51. The number of furan rings is 1. The first kappa shape index (κ1) is 10.2. The number of nitrogens with one attached hydrogen (secondary N) is 1. The van der Waals surface area contributed by atoms with E-state index in [4.69, 9.17) is 10.2 Å². The first-order valence-electron chi connectivity index (χ1n) is 4.77. The summed E-state index contributed by atoms with van der Waals surface area (Å²) in [6.07, 6.45) is 4.53. The maximum Gasteiger partial charge on any atom is 0.255 e. The van der Waals surface area contributed by atoms with Crippen LogP contribution in [0.2, 0.25) is 0 Å². The van der Waals surface area contributed by atoms with Gasteiger partial charge in [0.05, 0.1) is 18.4 Å². The number of nitrogen functional groups attached to an aromatic ring is 1. The van der Waals surface area contributed by atoms with Gasteiger partial charge < -0.3 is 15.5 Å². The van der Waals surface area contributed by atoms with Crippen LogP contribution in [0.3, 0.4) is 0 Å². The van der Waals surface area contributed by atoms with Crippen LogP contribution in [0.1, 0.15) is 16.1 Å². The highest BCUT2D eigenvalue weighted by molar-refractivity contribution is 5.98. The molecule has 3 N–H and O–H groups in total. The predicted molar refractivity (Wildman–Crippen MR) is 58.5 cm³/mol. The fourth-order valence-electron chi connectivity index (χ4n) is 1.27. The number of nitrogens with two attached hydrogens (primary N) is 1. The molecule has 0 aliphatic rings. The summed E-state index contributed by atoms with van der Waals surface area (Å²) in [4.78, 5) is 15.5. The molecule has 5 heteroatoms. The Hall–Kier alpha value is -2.30. The molecule has 2 aromatic heterocycles. The number of carbonyl (C=O) groups is 1. The number of nitrogens with zero attached hydrogens (tertiary/aromatic N) is 1. The largest absolute Gasteiger partial charge is 0.467 e. The Morgan fingerprint density at radius 3 is 3.06 bits per heavy atom. The fourth-order valence-corrected chi connectivity index (χ4v) is 1.27. The summed E-state index contributed by atoms with van der Waals surface area (Å²) >= 11 is 0. The van der Waals surface area contributed by atoms with Crippen molar-refractivity contribution < 1.29 is 9.21 Å². The average molecular weight is 217 g/mol. The van der Waals surface area contributed by atoms with Crippen molar-refractivity contribution in [1.82, 2.24) is 10.3 Å². The predicted octanol–water partition coefficient (Wildman–Crippen LogP) is 1.19. The molecule has 0 aliphatic carbocycles. The molecule has 0 unspecified atom stereocenters. The molecule has 0 aromatic carbocycles. The van der Waals surface area contributed by atoms with Gasteiger partial charge in [-0.25, -0.2) is 0 Å². The van der Waals surface area contributed by atoms with E-state index >= 15 is 0 Å². The second kappa shape index (κ2) is 4.48. The van der Waals surface area contributed by atoms with Gasteiger partial charge in [0.15, 0.2) is 0 Å². The molecule has 0 saturated carbocycles. The molecule has 82 valence electrons. The smallest absolute Gasteiger partial charge is 0.255 e. The lowest BCUT2D eigenvalue weighted by molar-refractivity contribution is 0.0948. The van der Waals surface area contributed by atoms with E-state index in [0.29, 0.717) is 23.6 Å². The summed E-state index contributed by atoms with van der Waals surface area (Å²) in [6, 6.07) is 5.13. The van der Waals surface area contributed by atoms with Crippen LogP contribution in [0.15, 0.2) is 41.3 Å². The summed E-state index contributed by atoms with van der Waals surface area (Å²) in [5, 5.41) is 2.69. The molecule has 2 heterocycles. The molecule has 2 rings (SSSR count). The highest BCUT2D eigenvalue weighted by Crippen LogP contribution is 2.08. The standard InChI is InChI=1S/C11H11N3O2/c12-10-3-4-13-7-9(10)11(15)14-6-8-2-1-5-16-8/h1-5,7H,6H2,(H2,12,13)(H,14,15). The van der Waals surface area contributed by atoms with Crippen molar-refractivity contribution >= 4 is 11.6 Å². The van der Waals surface area contributed by atoms with Gasteiger partial charge in [-0.2, -0.15) is 0 Å². The maximum absolute atomic E-state index is 11.7. The van der Waals surface area contributed by atoms with E-state index < -0.39 is 0 Å². The molecule has 0 spiro atoms. The van der Waals surface area contributed by atoms with Gasteiger partial charge in [-0.3, -0.25) is 9.78 Å². The first-order valence-corrected chi connectivity index (χ1v) is 4.77. The van der Waals surface area contributed by atoms with Crippen LogP contribution in [0.4, 0.5) is 5.69 Å². The van der Waals surface area contributed by atoms with Gasteiger partial charge >= 0.3 is 0 Å². The highest BCUT2D eigenvalue weighted by atomic mass is 16.3. The molecule has 0 fully saturated rings. The number of amides is 1. The van der Waals surface area contributed by atoms with E-state index in [9.17, 15) is 4.79 Å². The molecular formula is C11H11N3O2. The number of pyridine rings is 1. The van der Waals surface area contributed by atoms with Crippen LogP contribution >= 0.6 is 0 Å². The van der Waals surface area contributed by atoms with Gasteiger partial charge in [0.2, 0.25) is 0 Å². The number of hydrogen-bond acceptors (Lipinski definition) is 4. The van der Waals surface area contributed by atoms with Crippen molar-refractivity contribution in [2.45, 2.75) is 6.54 Å². The molecule has 0 atom stereocenters. The van der Waals surface area contributed by atoms with E-state index in [2.05, 4.69) is 10.3 Å². The lowest BCUT2D eigenvalue weighted by Gasteiger charge is -2.04. The summed E-state index contributed by atoms with van der Waals surface area (Å²) in [7, 11) is 0. The van der Waals surface area contributed by atoms with Crippen molar-refractivity contribution in [1.29, 1.82) is 0 Å². The van der Waals surface area contributed by atoms with Gasteiger partial charge in [-0.1, -0.05) is 0 Å². The lowest BCUT2D eigenvalue weighted by atomic mass is 10.2. The van der Waals surface area contributed by atoms with Crippen LogP contribution in [0.5, 0.6) is 0 Å². The van der Waals surface area contributed by atoms with E-state index in [1.165, 1.54) is 6.20 Å². The Labute approximate surface area is 92.3 Å². The molecule has 0 aliphatic heterocycles. The summed E-state index contributed by atoms with van der Waals surface area (Å²) < 4.78 is 5.09. The Morgan fingerprint density at radius 2 is 2.38 bits per heavy atom. The number of rotatable bonds is 3. The minimum absolute atomic E-state index is 0.262. The monoisotopic (exact) mass is 217 g/mol. The quantitative estimate of drug-likeness (QED) is 0.809. The van der Waals surface area contributed by atoms with Crippen molar-refractivity contribution in [2.24, 2.45) is 0 Å². The van der Waals surface area contributed by atoms with Gasteiger partial charge in [0.1, 0.15) is 5.76 Å². The number of anilines is 1. The second-order valence-electron chi connectivity index (χ2n) is 3.22. The number of aromatic nitrogens is 1. The summed E-state index contributed by atoms with van der Waals surface area (Å²) in [6.45, 7) is 0.333. The number of carbonyl (C=O) groups excluding carboxylic acids is 1. The molecule has 16 heavy (non-hydrogen) atoms. The third kappa shape index (κ3) is 2.20. The van der Waals surface area contributed by atoms with Gasteiger partial charge in [-0.15, -0.1) is 0 Å². The molecule has 0 bridgehead atoms. The molecule has 0 radical (unpaired) electrons. The van der Waals surface area contributed by atoms with E-state index in [-0.39, 0.29) is 5.91 Å². The summed E-state index contributed by atoms with van der Waals surface area (Å²) in [5.74, 6) is 0.429. The topological polar surface area (TPSA) is 81.1 Å². The SMILES string of the molecule is Nc1ccncc1C(=O)NCc1ccco1. The van der Waals surface area contributed by atoms with Crippen LogP contribution < -0.4 is 11.1 Å². The Balaban J connectivity index is 2.01. The Kier molecular flexibility index (Phi) is 2.86. The van der Waals surface area contributed by atoms with Gasteiger partial charge in [0.25, 0.3) is 5.91 Å². The highest BCUT2D eigenvalue weighted by Gasteiger charge is 2.09. The fraction of sp³-hybridized carbons (Fsp3) is 0.0909. The van der Waals surface area contributed by atoms with Crippen molar-refractivity contribution in [3.05, 3.63) is 48.2 Å². The van der Waals surface area contributed by atoms with Gasteiger partial charge in [-0.05, 0) is 18.2 Å². The molecule has 5 nitrogen and oxygen atoms in total. The Bertz CT molecular complexity index is 480. The molecule has 0 saturated heterocycles. The number of hydrogen-bond donors (Lipinski definition) is 2. The minimum Gasteiger partial charge on any atom is -0.467 e. The van der Waals surface area contributed by atoms with E-state index in [1.807, 2.05) is 0 Å². The summed E-state index contributed by atoms with van der Waals surface area (Å²) in [5.41, 5.74) is 6.42. The van der Waals surface area contributed by atoms with E-state index in [1.54, 1.807) is 30.7 Å². The minimum atomic E-state index is -0.262. The van der Waals surface area contributed by atoms with Crippen molar-refractivity contribution in [3.8, 4) is 0 Å². The normalized spacial score (nSPS) is 10.0. The average Bonchev–Trinajstić information content (AvgIpc) is 2.79. The second-order valence-corrected chi connectivity index (χ2v) is 3.22. The zero-order chi connectivity index (χ0) is 11.4. The van der Waals surface area contributed by atoms with Crippen molar-refractivity contribution in [3.63, 3.8) is 0 Å². The van der Waals surface area contributed by atoms with Crippen LogP contribution in [-0.2, 0) is 6.54 Å². The molecule has 2 aromatic rings. The lowest BCUT2D eigenvalue weighted by Crippen LogP contribution is -2.23. The third-order valence-electron chi connectivity index (χ3n) is 2.10. The zero-order valence-corrected chi connectivity index (χ0v) is 8.51. The first-order chi connectivity index (χ1) is 7.77. The Morgan fingerprint density at radius 1 is 1.50 bits per heavy atom. The van der Waals surface area contributed by atoms with Crippen LogP contribution in [0, 0.1) is 0 Å². The third-order valence-corrected chi connectivity index (χ3v) is 2.10. The van der Waals surface area contributed by atoms with Crippen LogP contribution in [0.25, 0.3) is 0 Å². The van der Waals surface area contributed by atoms with Crippen LogP contribution in [-0.4, -0.2) is 10.9 Å². The molecular weight excluding hydrogens is 206 g/mol.